The minimum absolute atomic E-state index is 0.281. The Kier molecular flexibility index (Phi) is 5.56. The molecule has 4 aromatic rings. The lowest BCUT2D eigenvalue weighted by atomic mass is 10.1. The number of rotatable bonds is 3. The fraction of sp³-hybridized carbons (Fsp3) is 0. The fourth-order valence-electron chi connectivity index (χ4n) is 3.06. The number of fused-ring (bicyclic) bond motifs is 1. The number of hydrogen-bond donors (Lipinski definition) is 0. The van der Waals surface area contributed by atoms with Crippen LogP contribution < -0.4 is 5.56 Å². The number of allylic oxidation sites excluding steroid dienone is 1. The minimum Gasteiger partial charge on any atom is -0.268 e. The highest BCUT2D eigenvalue weighted by molar-refractivity contribution is 6.35. The molecule has 0 aliphatic heterocycles. The van der Waals surface area contributed by atoms with Crippen molar-refractivity contribution in [2.45, 2.75) is 0 Å². The Bertz CT molecular complexity index is 1390. The highest BCUT2D eigenvalue weighted by atomic mass is 35.5. The fourth-order valence-corrected chi connectivity index (χ4v) is 3.75. The van der Waals surface area contributed by atoms with Crippen molar-refractivity contribution in [1.82, 2.24) is 14.5 Å². The molecule has 30 heavy (non-hydrogen) atoms. The molecular formula is C22H11Cl3N4O. The van der Waals surface area contributed by atoms with Crippen LogP contribution >= 0.6 is 34.8 Å². The van der Waals surface area contributed by atoms with Crippen LogP contribution in [0.25, 0.3) is 28.4 Å². The molecule has 0 radical (unpaired) electrons. The highest BCUT2D eigenvalue weighted by Gasteiger charge is 2.14. The Hall–Kier alpha value is -3.17. The van der Waals surface area contributed by atoms with Gasteiger partial charge in [-0.15, -0.1) is 0 Å². The molecule has 0 amide bonds. The van der Waals surface area contributed by atoms with Crippen molar-refractivity contribution in [1.29, 1.82) is 5.26 Å². The standard InChI is InChI=1S/C22H11Cl3N4O/c23-17-7-18(24)9-20(8-17)29-21-14(6-19(25)12-28-21)4-15(22(29)30)5-16(10-26)13-2-1-3-27-11-13/h1-9,11-12H. The van der Waals surface area contributed by atoms with Gasteiger partial charge in [0.15, 0.2) is 0 Å². The van der Waals surface area contributed by atoms with E-state index in [0.717, 1.165) is 0 Å². The van der Waals surface area contributed by atoms with Gasteiger partial charge in [-0.25, -0.2) is 4.98 Å². The van der Waals surface area contributed by atoms with Gasteiger partial charge in [-0.2, -0.15) is 5.26 Å². The molecule has 146 valence electrons. The van der Waals surface area contributed by atoms with Crippen LogP contribution in [0, 0.1) is 11.3 Å². The maximum atomic E-state index is 13.4. The van der Waals surface area contributed by atoms with Gasteiger partial charge in [0.1, 0.15) is 5.65 Å². The van der Waals surface area contributed by atoms with E-state index in [1.807, 2.05) is 0 Å². The first kappa shape index (κ1) is 20.1. The number of nitrogens with zero attached hydrogens (tertiary/aromatic N) is 4. The van der Waals surface area contributed by atoms with Crippen LogP contribution in [0.2, 0.25) is 15.1 Å². The molecule has 0 saturated carbocycles. The topological polar surface area (TPSA) is 71.6 Å². The third kappa shape index (κ3) is 3.94. The highest BCUT2D eigenvalue weighted by Crippen LogP contribution is 2.25. The number of halogens is 3. The van der Waals surface area contributed by atoms with Crippen LogP contribution in [0.5, 0.6) is 0 Å². The summed E-state index contributed by atoms with van der Waals surface area (Å²) >= 11 is 18.4. The van der Waals surface area contributed by atoms with Crippen molar-refractivity contribution in [2.24, 2.45) is 0 Å². The molecule has 8 heteroatoms. The van der Waals surface area contributed by atoms with Crippen LogP contribution in [0.3, 0.4) is 0 Å². The van der Waals surface area contributed by atoms with E-state index in [4.69, 9.17) is 34.8 Å². The molecule has 0 aliphatic rings. The minimum atomic E-state index is -0.382. The zero-order valence-corrected chi connectivity index (χ0v) is 17.4. The third-order valence-electron chi connectivity index (χ3n) is 4.33. The number of hydrogen-bond acceptors (Lipinski definition) is 4. The van der Waals surface area contributed by atoms with E-state index >= 15 is 0 Å². The van der Waals surface area contributed by atoms with Gasteiger partial charge in [-0.3, -0.25) is 14.3 Å². The monoisotopic (exact) mass is 452 g/mol. The summed E-state index contributed by atoms with van der Waals surface area (Å²) in [5.74, 6) is 0. The molecule has 0 spiro atoms. The van der Waals surface area contributed by atoms with Crippen LogP contribution in [0.4, 0.5) is 0 Å². The molecule has 0 aliphatic carbocycles. The lowest BCUT2D eigenvalue weighted by molar-refractivity contribution is 1.01. The van der Waals surface area contributed by atoms with E-state index in [2.05, 4.69) is 16.0 Å². The average Bonchev–Trinajstić information content (AvgIpc) is 2.72. The largest absolute Gasteiger partial charge is 0.268 e. The van der Waals surface area contributed by atoms with Gasteiger partial charge in [0, 0.05) is 45.1 Å². The van der Waals surface area contributed by atoms with E-state index in [9.17, 15) is 10.1 Å². The summed E-state index contributed by atoms with van der Waals surface area (Å²) in [4.78, 5) is 21.8. The predicted octanol–water partition coefficient (Wildman–Crippen LogP) is 5.81. The summed E-state index contributed by atoms with van der Waals surface area (Å²) in [7, 11) is 0. The van der Waals surface area contributed by atoms with Gasteiger partial charge >= 0.3 is 0 Å². The maximum Gasteiger partial charge on any atom is 0.264 e. The Morgan fingerprint density at radius 3 is 2.47 bits per heavy atom. The summed E-state index contributed by atoms with van der Waals surface area (Å²) in [5, 5.41) is 11.4. The van der Waals surface area contributed by atoms with E-state index in [1.54, 1.807) is 54.9 Å². The normalized spacial score (nSPS) is 11.5. The maximum absolute atomic E-state index is 13.4. The molecule has 1 aromatic carbocycles. The lowest BCUT2D eigenvalue weighted by Crippen LogP contribution is -2.22. The zero-order valence-electron chi connectivity index (χ0n) is 15.2. The van der Waals surface area contributed by atoms with Crippen molar-refractivity contribution in [2.75, 3.05) is 0 Å². The second-order valence-electron chi connectivity index (χ2n) is 6.35. The third-order valence-corrected chi connectivity index (χ3v) is 4.98. The average molecular weight is 454 g/mol. The summed E-state index contributed by atoms with van der Waals surface area (Å²) < 4.78 is 1.40. The van der Waals surface area contributed by atoms with Gasteiger partial charge in [-0.05, 0) is 42.5 Å². The molecule has 3 heterocycles. The SMILES string of the molecule is N#CC(=Cc1cc2cc(Cl)cnc2n(-c2cc(Cl)cc(Cl)c2)c1=O)c1cccnc1. The number of aromatic nitrogens is 3. The predicted molar refractivity (Wildman–Crippen MR) is 120 cm³/mol. The summed E-state index contributed by atoms with van der Waals surface area (Å²) in [5.41, 5.74) is 1.63. The molecule has 0 unspecified atom stereocenters. The lowest BCUT2D eigenvalue weighted by Gasteiger charge is -2.12. The first-order valence-corrected chi connectivity index (χ1v) is 9.79. The van der Waals surface area contributed by atoms with Gasteiger partial charge in [0.05, 0.1) is 22.4 Å². The van der Waals surface area contributed by atoms with Crippen LogP contribution in [-0.2, 0) is 0 Å². The molecule has 0 saturated heterocycles. The van der Waals surface area contributed by atoms with E-state index in [0.29, 0.717) is 42.9 Å². The quantitative estimate of drug-likeness (QED) is 0.367. The van der Waals surface area contributed by atoms with Crippen molar-refractivity contribution in [3.05, 3.63) is 97.6 Å². The molecule has 0 fully saturated rings. The van der Waals surface area contributed by atoms with E-state index in [1.165, 1.54) is 16.8 Å². The van der Waals surface area contributed by atoms with Crippen molar-refractivity contribution in [3.63, 3.8) is 0 Å². The summed E-state index contributed by atoms with van der Waals surface area (Å²) in [6.45, 7) is 0. The Morgan fingerprint density at radius 2 is 1.80 bits per heavy atom. The van der Waals surface area contributed by atoms with Crippen LogP contribution in [0.15, 0.2) is 65.8 Å². The van der Waals surface area contributed by atoms with E-state index < -0.39 is 0 Å². The van der Waals surface area contributed by atoms with Gasteiger partial charge in [0.2, 0.25) is 0 Å². The number of nitriles is 1. The van der Waals surface area contributed by atoms with Crippen LogP contribution in [-0.4, -0.2) is 14.5 Å². The molecule has 3 aromatic heterocycles. The summed E-state index contributed by atoms with van der Waals surface area (Å²) in [6, 6.07) is 13.7. The Balaban J connectivity index is 2.05. The van der Waals surface area contributed by atoms with Crippen molar-refractivity contribution in [3.8, 4) is 11.8 Å². The molecule has 5 nitrogen and oxygen atoms in total. The van der Waals surface area contributed by atoms with Crippen molar-refractivity contribution >= 4 is 57.5 Å². The zero-order chi connectivity index (χ0) is 21.3. The molecular weight excluding hydrogens is 443 g/mol. The molecule has 4 rings (SSSR count). The van der Waals surface area contributed by atoms with Gasteiger partial charge < -0.3 is 0 Å². The second-order valence-corrected chi connectivity index (χ2v) is 7.66. The van der Waals surface area contributed by atoms with E-state index in [-0.39, 0.29) is 11.1 Å². The second kappa shape index (κ2) is 8.29. The first-order valence-electron chi connectivity index (χ1n) is 8.66. The van der Waals surface area contributed by atoms with Gasteiger partial charge in [-0.1, -0.05) is 40.9 Å². The molecule has 0 bridgehead atoms. The summed E-state index contributed by atoms with van der Waals surface area (Å²) in [6.07, 6.45) is 6.14. The van der Waals surface area contributed by atoms with Crippen LogP contribution in [0.1, 0.15) is 11.1 Å². The molecule has 0 atom stereocenters. The Morgan fingerprint density at radius 1 is 1.03 bits per heavy atom. The smallest absolute Gasteiger partial charge is 0.264 e. The van der Waals surface area contributed by atoms with Gasteiger partial charge in [0.25, 0.3) is 5.56 Å². The number of benzene rings is 1. The first-order chi connectivity index (χ1) is 14.5. The number of pyridine rings is 3. The van der Waals surface area contributed by atoms with Crippen molar-refractivity contribution < 1.29 is 0 Å². The Labute approximate surface area is 186 Å². The molecule has 0 N–H and O–H groups in total.